The third kappa shape index (κ3) is 3.16. The first kappa shape index (κ1) is 19.0. The maximum atomic E-state index is 12.9. The molecule has 1 unspecified atom stereocenters. The molecule has 8 heteroatoms. The third-order valence-electron chi connectivity index (χ3n) is 5.85. The number of benzene rings is 2. The van der Waals surface area contributed by atoms with Crippen LogP contribution in [0.3, 0.4) is 0 Å². The van der Waals surface area contributed by atoms with Crippen molar-refractivity contribution in [2.24, 2.45) is 7.05 Å². The summed E-state index contributed by atoms with van der Waals surface area (Å²) in [4.78, 5) is 42.7. The summed E-state index contributed by atoms with van der Waals surface area (Å²) in [5.74, 6) is -0.759. The van der Waals surface area contributed by atoms with Crippen LogP contribution in [0.1, 0.15) is 28.8 Å². The number of aromatic hydroxyl groups is 1. The molecule has 0 radical (unpaired) electrons. The second-order valence-corrected chi connectivity index (χ2v) is 7.87. The zero-order valence-electron chi connectivity index (χ0n) is 16.8. The van der Waals surface area contributed by atoms with Crippen molar-refractivity contribution >= 4 is 17.7 Å². The fraction of sp³-hybridized carbons (Fsp3) is 0.217. The van der Waals surface area contributed by atoms with Crippen LogP contribution in [0.2, 0.25) is 0 Å². The number of amides is 3. The number of phenolic OH excluding ortho intramolecular Hbond substituents is 1. The van der Waals surface area contributed by atoms with Crippen molar-refractivity contribution in [3.05, 3.63) is 59.9 Å². The van der Waals surface area contributed by atoms with Gasteiger partial charge in [-0.3, -0.25) is 19.7 Å². The van der Waals surface area contributed by atoms with Crippen molar-refractivity contribution in [3.63, 3.8) is 0 Å². The zero-order valence-corrected chi connectivity index (χ0v) is 16.8. The molecule has 3 amide bonds. The van der Waals surface area contributed by atoms with Crippen LogP contribution in [-0.4, -0.2) is 43.3 Å². The summed E-state index contributed by atoms with van der Waals surface area (Å²) >= 11 is 0. The Kier molecular flexibility index (Phi) is 4.35. The van der Waals surface area contributed by atoms with Gasteiger partial charge in [-0.05, 0) is 36.2 Å². The number of rotatable bonds is 3. The third-order valence-corrected chi connectivity index (χ3v) is 5.85. The molecule has 1 atom stereocenters. The summed E-state index contributed by atoms with van der Waals surface area (Å²) in [6, 6.07) is 11.9. The molecule has 2 aliphatic rings. The standard InChI is InChI=1S/C23H20N4O4/c1-26-12-24-20(21(26)14-3-2-4-16(28)10-14)13-5-6-17-15(9-13)11-27(23(17)31)18-7-8-19(29)25-22(18)30/h2-6,9-10,12,18,28H,7-8,11H2,1H3,(H,25,29,30). The van der Waals surface area contributed by atoms with E-state index in [0.717, 1.165) is 28.1 Å². The maximum Gasteiger partial charge on any atom is 0.255 e. The van der Waals surface area contributed by atoms with Gasteiger partial charge in [0.25, 0.3) is 5.91 Å². The highest BCUT2D eigenvalue weighted by Crippen LogP contribution is 2.35. The number of carbonyl (C=O) groups is 3. The molecule has 1 saturated heterocycles. The van der Waals surface area contributed by atoms with Gasteiger partial charge in [-0.15, -0.1) is 0 Å². The number of nitrogens with one attached hydrogen (secondary N) is 1. The SMILES string of the molecule is Cn1cnc(-c2ccc3c(c2)CN(C2CCC(=O)NC2=O)C3=O)c1-c1cccc(O)c1. The molecule has 3 aromatic rings. The van der Waals surface area contributed by atoms with Gasteiger partial charge in [-0.1, -0.05) is 18.2 Å². The number of phenols is 1. The number of imide groups is 1. The lowest BCUT2D eigenvalue weighted by molar-refractivity contribution is -0.136. The first-order valence-corrected chi connectivity index (χ1v) is 10.0. The Morgan fingerprint density at radius 1 is 1.10 bits per heavy atom. The average Bonchev–Trinajstić information content (AvgIpc) is 3.28. The van der Waals surface area contributed by atoms with Crippen LogP contribution in [0.5, 0.6) is 5.75 Å². The van der Waals surface area contributed by atoms with Crippen LogP contribution < -0.4 is 5.32 Å². The van der Waals surface area contributed by atoms with Gasteiger partial charge in [0.15, 0.2) is 0 Å². The van der Waals surface area contributed by atoms with Crippen LogP contribution in [0.4, 0.5) is 0 Å². The summed E-state index contributed by atoms with van der Waals surface area (Å²) in [6.45, 7) is 0.308. The first-order valence-electron chi connectivity index (χ1n) is 10.0. The normalized spacial score (nSPS) is 18.3. The van der Waals surface area contributed by atoms with E-state index >= 15 is 0 Å². The zero-order chi connectivity index (χ0) is 21.7. The number of fused-ring (bicyclic) bond motifs is 1. The Morgan fingerprint density at radius 3 is 2.71 bits per heavy atom. The van der Waals surface area contributed by atoms with Gasteiger partial charge in [0, 0.05) is 36.7 Å². The monoisotopic (exact) mass is 416 g/mol. The Labute approximate surface area is 178 Å². The minimum Gasteiger partial charge on any atom is -0.508 e. The van der Waals surface area contributed by atoms with E-state index in [2.05, 4.69) is 10.3 Å². The number of hydrogen-bond donors (Lipinski definition) is 2. The van der Waals surface area contributed by atoms with Crippen LogP contribution in [0, 0.1) is 0 Å². The van der Waals surface area contributed by atoms with Crippen LogP contribution in [-0.2, 0) is 23.2 Å². The van der Waals surface area contributed by atoms with Crippen molar-refractivity contribution in [3.8, 4) is 28.3 Å². The quantitative estimate of drug-likeness (QED) is 0.637. The van der Waals surface area contributed by atoms with Crippen molar-refractivity contribution < 1.29 is 19.5 Å². The van der Waals surface area contributed by atoms with Gasteiger partial charge < -0.3 is 14.6 Å². The molecular weight excluding hydrogens is 396 g/mol. The van der Waals surface area contributed by atoms with Crippen molar-refractivity contribution in [1.29, 1.82) is 0 Å². The summed E-state index contributed by atoms with van der Waals surface area (Å²) in [7, 11) is 1.89. The van der Waals surface area contributed by atoms with E-state index in [9.17, 15) is 19.5 Å². The number of nitrogens with zero attached hydrogens (tertiary/aromatic N) is 3. The van der Waals surface area contributed by atoms with Crippen molar-refractivity contribution in [2.75, 3.05) is 0 Å². The molecule has 1 fully saturated rings. The molecule has 2 aromatic carbocycles. The van der Waals surface area contributed by atoms with E-state index in [4.69, 9.17) is 0 Å². The minimum absolute atomic E-state index is 0.170. The Balaban J connectivity index is 1.50. The van der Waals surface area contributed by atoms with Gasteiger partial charge in [-0.25, -0.2) is 4.98 Å². The first-order chi connectivity index (χ1) is 14.9. The van der Waals surface area contributed by atoms with Gasteiger partial charge in [0.05, 0.1) is 17.7 Å². The summed E-state index contributed by atoms with van der Waals surface area (Å²) in [6.07, 6.45) is 2.27. The summed E-state index contributed by atoms with van der Waals surface area (Å²) in [5, 5.41) is 12.2. The molecule has 2 N–H and O–H groups in total. The molecule has 0 bridgehead atoms. The molecule has 1 aromatic heterocycles. The maximum absolute atomic E-state index is 12.9. The Morgan fingerprint density at radius 2 is 1.94 bits per heavy atom. The summed E-state index contributed by atoms with van der Waals surface area (Å²) < 4.78 is 1.89. The van der Waals surface area contributed by atoms with E-state index in [0.29, 0.717) is 18.5 Å². The lowest BCUT2D eigenvalue weighted by Gasteiger charge is -2.29. The Bertz CT molecular complexity index is 1250. The second-order valence-electron chi connectivity index (χ2n) is 7.87. The number of aromatic nitrogens is 2. The molecule has 5 rings (SSSR count). The largest absolute Gasteiger partial charge is 0.508 e. The lowest BCUT2D eigenvalue weighted by atomic mass is 10.0. The molecule has 156 valence electrons. The minimum atomic E-state index is -0.640. The molecule has 2 aliphatic heterocycles. The van der Waals surface area contributed by atoms with Gasteiger partial charge in [-0.2, -0.15) is 0 Å². The number of aryl methyl sites for hydroxylation is 1. The Hall–Kier alpha value is -3.94. The van der Waals surface area contributed by atoms with Crippen LogP contribution in [0.15, 0.2) is 48.8 Å². The van der Waals surface area contributed by atoms with Gasteiger partial charge >= 0.3 is 0 Å². The fourth-order valence-corrected chi connectivity index (χ4v) is 4.36. The smallest absolute Gasteiger partial charge is 0.255 e. The van der Waals surface area contributed by atoms with Crippen molar-refractivity contribution in [1.82, 2.24) is 19.8 Å². The van der Waals surface area contributed by atoms with Gasteiger partial charge in [0.2, 0.25) is 11.8 Å². The summed E-state index contributed by atoms with van der Waals surface area (Å²) in [5.41, 5.74) is 4.64. The fourth-order valence-electron chi connectivity index (χ4n) is 4.36. The molecule has 0 aliphatic carbocycles. The van der Waals surface area contributed by atoms with E-state index in [1.54, 1.807) is 30.6 Å². The highest BCUT2D eigenvalue weighted by Gasteiger charge is 2.39. The average molecular weight is 416 g/mol. The van der Waals surface area contributed by atoms with Crippen LogP contribution >= 0.6 is 0 Å². The number of hydrogen-bond acceptors (Lipinski definition) is 5. The molecular formula is C23H20N4O4. The van der Waals surface area contributed by atoms with Crippen LogP contribution in [0.25, 0.3) is 22.5 Å². The topological polar surface area (TPSA) is 105 Å². The highest BCUT2D eigenvalue weighted by atomic mass is 16.3. The second kappa shape index (κ2) is 7.09. The van der Waals surface area contributed by atoms with E-state index in [1.165, 1.54) is 4.90 Å². The lowest BCUT2D eigenvalue weighted by Crippen LogP contribution is -2.52. The molecule has 0 saturated carbocycles. The molecule has 0 spiro atoms. The molecule has 31 heavy (non-hydrogen) atoms. The predicted octanol–water partition coefficient (Wildman–Crippen LogP) is 2.22. The number of imidazole rings is 1. The van der Waals surface area contributed by atoms with E-state index < -0.39 is 11.9 Å². The predicted molar refractivity (Wildman–Crippen MR) is 112 cm³/mol. The van der Waals surface area contributed by atoms with E-state index in [-0.39, 0.29) is 24.0 Å². The van der Waals surface area contributed by atoms with Crippen molar-refractivity contribution in [2.45, 2.75) is 25.4 Å². The highest BCUT2D eigenvalue weighted by molar-refractivity contribution is 6.05. The molecule has 8 nitrogen and oxygen atoms in total. The molecule has 3 heterocycles. The number of piperidine rings is 1. The van der Waals surface area contributed by atoms with E-state index in [1.807, 2.05) is 29.8 Å². The van der Waals surface area contributed by atoms with Gasteiger partial charge in [0.1, 0.15) is 11.8 Å². The number of carbonyl (C=O) groups excluding carboxylic acids is 3.